The number of ether oxygens (including phenoxy) is 1. The fourth-order valence-electron chi connectivity index (χ4n) is 3.37. The van der Waals surface area contributed by atoms with Crippen LogP contribution < -0.4 is 4.74 Å². The lowest BCUT2D eigenvalue weighted by molar-refractivity contribution is -0.274. The van der Waals surface area contributed by atoms with E-state index in [1.165, 1.54) is 12.6 Å². The molecule has 1 aliphatic heterocycles. The van der Waals surface area contributed by atoms with E-state index in [0.29, 0.717) is 26.2 Å². The van der Waals surface area contributed by atoms with Crippen molar-refractivity contribution in [2.45, 2.75) is 17.8 Å². The van der Waals surface area contributed by atoms with E-state index in [1.807, 2.05) is 30.3 Å². The van der Waals surface area contributed by atoms with Crippen LogP contribution in [0.2, 0.25) is 0 Å². The van der Waals surface area contributed by atoms with Crippen molar-refractivity contribution in [3.8, 4) is 5.75 Å². The predicted octanol–water partition coefficient (Wildman–Crippen LogP) is 2.55. The molecule has 0 saturated carbocycles. The third-order valence-corrected chi connectivity index (χ3v) is 6.92. The van der Waals surface area contributed by atoms with Gasteiger partial charge in [-0.3, -0.25) is 9.69 Å². The summed E-state index contributed by atoms with van der Waals surface area (Å²) in [7, 11) is -2.78. The first-order chi connectivity index (χ1) is 15.0. The Balaban J connectivity index is 1.53. The molecule has 32 heavy (non-hydrogen) atoms. The van der Waals surface area contributed by atoms with Gasteiger partial charge in [-0.1, -0.05) is 30.3 Å². The van der Waals surface area contributed by atoms with E-state index in [1.54, 1.807) is 4.90 Å². The molecule has 2 aromatic rings. The molecule has 0 unspecified atom stereocenters. The highest BCUT2D eigenvalue weighted by molar-refractivity contribution is 7.89. The molecule has 1 aliphatic rings. The predicted molar refractivity (Wildman–Crippen MR) is 111 cm³/mol. The van der Waals surface area contributed by atoms with Crippen LogP contribution in [0.3, 0.4) is 0 Å². The van der Waals surface area contributed by atoms with Crippen LogP contribution in [0.4, 0.5) is 13.2 Å². The Hall–Kier alpha value is -2.63. The Morgan fingerprint density at radius 2 is 1.59 bits per heavy atom. The van der Waals surface area contributed by atoms with Crippen LogP contribution in [-0.2, 0) is 21.4 Å². The average molecular weight is 472 g/mol. The van der Waals surface area contributed by atoms with Crippen molar-refractivity contribution in [3.63, 3.8) is 0 Å². The van der Waals surface area contributed by atoms with Crippen LogP contribution in [0.1, 0.15) is 5.56 Å². The number of rotatable bonds is 7. The number of likely N-dealkylation sites (N-methyl/N-ethyl adjacent to an activating group) is 1. The Bertz CT molecular complexity index is 1010. The van der Waals surface area contributed by atoms with Crippen molar-refractivity contribution in [1.82, 2.24) is 14.1 Å². The molecule has 11 heteroatoms. The molecule has 1 fully saturated rings. The summed E-state index contributed by atoms with van der Waals surface area (Å²) >= 11 is 0. The first-order valence-corrected chi connectivity index (χ1v) is 11.3. The number of amides is 1. The van der Waals surface area contributed by atoms with Gasteiger partial charge in [-0.25, -0.2) is 8.42 Å². The molecule has 174 valence electrons. The van der Waals surface area contributed by atoms with Crippen molar-refractivity contribution in [1.29, 1.82) is 0 Å². The Labute approximate surface area is 185 Å². The SMILES string of the molecule is CN(CC(=O)N1CCN(Cc2ccccc2)CC1)S(=O)(=O)c1ccc(OC(F)(F)F)cc1. The summed E-state index contributed by atoms with van der Waals surface area (Å²) in [5.74, 6) is -0.851. The second kappa shape index (κ2) is 9.88. The van der Waals surface area contributed by atoms with E-state index in [2.05, 4.69) is 9.64 Å². The first-order valence-electron chi connectivity index (χ1n) is 9.91. The van der Waals surface area contributed by atoms with Gasteiger partial charge < -0.3 is 9.64 Å². The molecule has 7 nitrogen and oxygen atoms in total. The quantitative estimate of drug-likeness (QED) is 0.621. The van der Waals surface area contributed by atoms with Crippen LogP contribution in [-0.4, -0.2) is 74.6 Å². The van der Waals surface area contributed by atoms with Gasteiger partial charge in [0.1, 0.15) is 5.75 Å². The Morgan fingerprint density at radius 3 is 2.16 bits per heavy atom. The second-order valence-electron chi connectivity index (χ2n) is 7.42. The number of piperazine rings is 1. The van der Waals surface area contributed by atoms with Crippen LogP contribution in [0, 0.1) is 0 Å². The minimum Gasteiger partial charge on any atom is -0.406 e. The number of nitrogens with zero attached hydrogens (tertiary/aromatic N) is 3. The maximum atomic E-state index is 12.7. The zero-order valence-corrected chi connectivity index (χ0v) is 18.3. The number of hydrogen-bond acceptors (Lipinski definition) is 5. The minimum absolute atomic E-state index is 0.227. The molecule has 0 bridgehead atoms. The molecule has 0 spiro atoms. The molecule has 1 heterocycles. The standard InChI is InChI=1S/C21H24F3N3O4S/c1-25(32(29,30)19-9-7-18(8-10-19)31-21(22,23)24)16-20(28)27-13-11-26(12-14-27)15-17-5-3-2-4-6-17/h2-10H,11-16H2,1H3. The highest BCUT2D eigenvalue weighted by Crippen LogP contribution is 2.24. The highest BCUT2D eigenvalue weighted by atomic mass is 32.2. The second-order valence-corrected chi connectivity index (χ2v) is 9.47. The fourth-order valence-corrected chi connectivity index (χ4v) is 4.49. The molecule has 0 aromatic heterocycles. The summed E-state index contributed by atoms with van der Waals surface area (Å²) in [6.07, 6.45) is -4.87. The number of alkyl halides is 3. The lowest BCUT2D eigenvalue weighted by atomic mass is 10.2. The van der Waals surface area contributed by atoms with Gasteiger partial charge in [0.2, 0.25) is 15.9 Å². The van der Waals surface area contributed by atoms with Crippen LogP contribution in [0.15, 0.2) is 59.5 Å². The van der Waals surface area contributed by atoms with Crippen LogP contribution >= 0.6 is 0 Å². The van der Waals surface area contributed by atoms with E-state index in [9.17, 15) is 26.4 Å². The zero-order chi connectivity index (χ0) is 23.4. The lowest BCUT2D eigenvalue weighted by Crippen LogP contribution is -2.51. The molecule has 0 atom stereocenters. The van der Waals surface area contributed by atoms with Gasteiger partial charge >= 0.3 is 6.36 Å². The van der Waals surface area contributed by atoms with E-state index >= 15 is 0 Å². The molecule has 1 amide bonds. The van der Waals surface area contributed by atoms with E-state index < -0.39 is 22.1 Å². The van der Waals surface area contributed by atoms with Crippen molar-refractivity contribution in [2.75, 3.05) is 39.8 Å². The maximum Gasteiger partial charge on any atom is 0.573 e. The van der Waals surface area contributed by atoms with Crippen molar-refractivity contribution in [2.24, 2.45) is 0 Å². The van der Waals surface area contributed by atoms with Crippen molar-refractivity contribution in [3.05, 3.63) is 60.2 Å². The Morgan fingerprint density at radius 1 is 1.00 bits per heavy atom. The Kier molecular flexibility index (Phi) is 7.42. The first kappa shape index (κ1) is 24.0. The van der Waals surface area contributed by atoms with Gasteiger partial charge in [-0.05, 0) is 29.8 Å². The number of carbonyl (C=O) groups is 1. The molecule has 0 N–H and O–H groups in total. The smallest absolute Gasteiger partial charge is 0.406 e. The van der Waals surface area contributed by atoms with Crippen LogP contribution in [0.5, 0.6) is 5.75 Å². The molecular weight excluding hydrogens is 447 g/mol. The van der Waals surface area contributed by atoms with Crippen LogP contribution in [0.25, 0.3) is 0 Å². The number of benzene rings is 2. The third kappa shape index (κ3) is 6.44. The molecule has 0 aliphatic carbocycles. The molecule has 3 rings (SSSR count). The average Bonchev–Trinajstić information content (AvgIpc) is 2.74. The monoisotopic (exact) mass is 471 g/mol. The summed E-state index contributed by atoms with van der Waals surface area (Å²) in [6.45, 7) is 2.76. The molecular formula is C21H24F3N3O4S. The number of sulfonamides is 1. The normalized spacial score (nSPS) is 15.7. The van der Waals surface area contributed by atoms with Crippen molar-refractivity contribution < 1.29 is 31.1 Å². The van der Waals surface area contributed by atoms with Gasteiger partial charge in [0.05, 0.1) is 11.4 Å². The van der Waals surface area contributed by atoms with Gasteiger partial charge in [-0.2, -0.15) is 4.31 Å². The number of halogens is 3. The number of carbonyl (C=O) groups excluding carboxylic acids is 1. The van der Waals surface area contributed by atoms with Gasteiger partial charge in [0.25, 0.3) is 0 Å². The van der Waals surface area contributed by atoms with Gasteiger partial charge in [0, 0.05) is 39.8 Å². The van der Waals surface area contributed by atoms with Gasteiger partial charge in [-0.15, -0.1) is 13.2 Å². The summed E-state index contributed by atoms with van der Waals surface area (Å²) in [4.78, 5) is 16.2. The van der Waals surface area contributed by atoms with Crippen molar-refractivity contribution >= 4 is 15.9 Å². The summed E-state index contributed by atoms with van der Waals surface area (Å²) in [5.41, 5.74) is 1.18. The summed E-state index contributed by atoms with van der Waals surface area (Å²) in [5, 5.41) is 0. The number of hydrogen-bond donors (Lipinski definition) is 0. The fraction of sp³-hybridized carbons (Fsp3) is 0.381. The minimum atomic E-state index is -4.87. The third-order valence-electron chi connectivity index (χ3n) is 5.10. The maximum absolute atomic E-state index is 12.7. The molecule has 1 saturated heterocycles. The largest absolute Gasteiger partial charge is 0.573 e. The summed E-state index contributed by atoms with van der Waals surface area (Å²) in [6, 6.07) is 13.8. The van der Waals surface area contributed by atoms with E-state index in [4.69, 9.17) is 0 Å². The molecule has 0 radical (unpaired) electrons. The summed E-state index contributed by atoms with van der Waals surface area (Å²) < 4.78 is 66.8. The lowest BCUT2D eigenvalue weighted by Gasteiger charge is -2.35. The zero-order valence-electron chi connectivity index (χ0n) is 17.5. The topological polar surface area (TPSA) is 70.2 Å². The molecule has 2 aromatic carbocycles. The van der Waals surface area contributed by atoms with Gasteiger partial charge in [0.15, 0.2) is 0 Å². The highest BCUT2D eigenvalue weighted by Gasteiger charge is 2.32. The van der Waals surface area contributed by atoms with E-state index in [-0.39, 0.29) is 17.3 Å². The van der Waals surface area contributed by atoms with E-state index in [0.717, 1.165) is 35.1 Å².